The summed E-state index contributed by atoms with van der Waals surface area (Å²) in [5, 5.41) is 11.8. The molecule has 8 nitrogen and oxygen atoms in total. The number of carbonyl (C=O) groups is 2. The van der Waals surface area contributed by atoms with Crippen LogP contribution < -0.4 is 10.2 Å². The van der Waals surface area contributed by atoms with Crippen LogP contribution in [0.15, 0.2) is 42.7 Å². The Labute approximate surface area is 179 Å². The second kappa shape index (κ2) is 9.13. The predicted octanol–water partition coefficient (Wildman–Crippen LogP) is 2.10. The van der Waals surface area contributed by atoms with Gasteiger partial charge in [-0.15, -0.1) is 11.8 Å². The fourth-order valence-electron chi connectivity index (χ4n) is 3.78. The monoisotopic (exact) mass is 422 g/mol. The Balaban J connectivity index is 1.41. The highest BCUT2D eigenvalue weighted by Gasteiger charge is 2.39. The Kier molecular flexibility index (Phi) is 6.14. The summed E-state index contributed by atoms with van der Waals surface area (Å²) in [5.74, 6) is 1.37. The van der Waals surface area contributed by atoms with Gasteiger partial charge in [-0.2, -0.15) is 5.26 Å². The molecular weight excluding hydrogens is 400 g/mol. The first-order chi connectivity index (χ1) is 14.7. The zero-order chi connectivity index (χ0) is 20.9. The van der Waals surface area contributed by atoms with Crippen molar-refractivity contribution in [2.45, 2.75) is 18.9 Å². The van der Waals surface area contributed by atoms with Crippen molar-refractivity contribution >= 4 is 35.2 Å². The van der Waals surface area contributed by atoms with Crippen LogP contribution in [-0.4, -0.2) is 57.4 Å². The molecule has 2 aliphatic heterocycles. The molecule has 0 spiro atoms. The van der Waals surface area contributed by atoms with Crippen LogP contribution in [0.4, 0.5) is 11.6 Å². The van der Waals surface area contributed by atoms with Crippen LogP contribution in [0.2, 0.25) is 0 Å². The van der Waals surface area contributed by atoms with E-state index in [-0.39, 0.29) is 17.7 Å². The summed E-state index contributed by atoms with van der Waals surface area (Å²) in [6.07, 6.45) is 5.09. The van der Waals surface area contributed by atoms with E-state index in [0.29, 0.717) is 35.4 Å². The smallest absolute Gasteiger partial charge is 0.248 e. The Hall–Kier alpha value is -3.12. The molecule has 9 heteroatoms. The van der Waals surface area contributed by atoms with Gasteiger partial charge in [-0.05, 0) is 43.2 Å². The lowest BCUT2D eigenvalue weighted by atomic mass is 9.96. The van der Waals surface area contributed by atoms with Crippen molar-refractivity contribution < 1.29 is 9.59 Å². The Morgan fingerprint density at radius 3 is 2.70 bits per heavy atom. The first-order valence-corrected chi connectivity index (χ1v) is 11.0. The van der Waals surface area contributed by atoms with Crippen molar-refractivity contribution in [3.63, 3.8) is 0 Å². The van der Waals surface area contributed by atoms with Gasteiger partial charge < -0.3 is 15.1 Å². The lowest BCUT2D eigenvalue weighted by Gasteiger charge is -2.35. The number of rotatable bonds is 4. The van der Waals surface area contributed by atoms with E-state index in [1.54, 1.807) is 59.4 Å². The number of anilines is 2. The van der Waals surface area contributed by atoms with E-state index in [1.165, 1.54) is 0 Å². The summed E-state index contributed by atoms with van der Waals surface area (Å²) in [5.41, 5.74) is 1.15. The zero-order valence-corrected chi connectivity index (χ0v) is 17.2. The van der Waals surface area contributed by atoms with E-state index in [2.05, 4.69) is 21.4 Å². The molecule has 2 amide bonds. The molecule has 4 rings (SSSR count). The maximum Gasteiger partial charge on any atom is 0.248 e. The molecule has 0 saturated carbocycles. The van der Waals surface area contributed by atoms with Gasteiger partial charge in [-0.3, -0.25) is 9.59 Å². The van der Waals surface area contributed by atoms with Crippen LogP contribution in [0.25, 0.3) is 0 Å². The van der Waals surface area contributed by atoms with Crippen molar-refractivity contribution in [1.82, 2.24) is 14.9 Å². The van der Waals surface area contributed by atoms with E-state index in [1.807, 2.05) is 4.90 Å². The van der Waals surface area contributed by atoms with Gasteiger partial charge in [0.05, 0.1) is 23.4 Å². The number of thioether (sulfide) groups is 1. The quantitative estimate of drug-likeness (QED) is 0.805. The molecule has 1 aromatic heterocycles. The van der Waals surface area contributed by atoms with Crippen LogP contribution in [0.3, 0.4) is 0 Å². The molecule has 2 aliphatic rings. The zero-order valence-electron chi connectivity index (χ0n) is 16.4. The largest absolute Gasteiger partial charge is 0.340 e. The van der Waals surface area contributed by atoms with Gasteiger partial charge in [-0.25, -0.2) is 9.97 Å². The van der Waals surface area contributed by atoms with E-state index < -0.39 is 6.04 Å². The molecule has 2 fully saturated rings. The summed E-state index contributed by atoms with van der Waals surface area (Å²) in [6.45, 7) is 1.39. The van der Waals surface area contributed by atoms with Gasteiger partial charge in [0.2, 0.25) is 17.8 Å². The fraction of sp³-hybridized carbons (Fsp3) is 0.381. The molecule has 2 unspecified atom stereocenters. The SMILES string of the molecule is N#Cc1ccc(NC(=O)C2CSCN2C(=O)C2CCCN(c3ncccn3)C2)cc1. The Bertz CT molecular complexity index is 946. The minimum Gasteiger partial charge on any atom is -0.340 e. The fourth-order valence-corrected chi connectivity index (χ4v) is 4.94. The van der Waals surface area contributed by atoms with E-state index in [4.69, 9.17) is 5.26 Å². The lowest BCUT2D eigenvalue weighted by molar-refractivity contribution is -0.140. The average molecular weight is 423 g/mol. The molecule has 1 N–H and O–H groups in total. The minimum absolute atomic E-state index is 0.0145. The number of carbonyl (C=O) groups excluding carboxylic acids is 2. The third kappa shape index (κ3) is 4.39. The van der Waals surface area contributed by atoms with Crippen LogP contribution >= 0.6 is 11.8 Å². The van der Waals surface area contributed by atoms with Gasteiger partial charge in [0.1, 0.15) is 6.04 Å². The highest BCUT2D eigenvalue weighted by molar-refractivity contribution is 7.99. The van der Waals surface area contributed by atoms with Gasteiger partial charge >= 0.3 is 0 Å². The van der Waals surface area contributed by atoms with Gasteiger partial charge in [-0.1, -0.05) is 0 Å². The number of nitrogens with zero attached hydrogens (tertiary/aromatic N) is 5. The molecule has 1 aromatic carbocycles. The maximum absolute atomic E-state index is 13.3. The van der Waals surface area contributed by atoms with Gasteiger partial charge in [0.15, 0.2) is 0 Å². The summed E-state index contributed by atoms with van der Waals surface area (Å²) in [6, 6.07) is 10.0. The number of hydrogen-bond acceptors (Lipinski definition) is 7. The number of nitrogens with one attached hydrogen (secondary N) is 1. The molecule has 0 aliphatic carbocycles. The highest BCUT2D eigenvalue weighted by atomic mass is 32.2. The van der Waals surface area contributed by atoms with Crippen molar-refractivity contribution in [2.75, 3.05) is 34.9 Å². The summed E-state index contributed by atoms with van der Waals surface area (Å²) in [4.78, 5) is 38.4. The summed E-state index contributed by atoms with van der Waals surface area (Å²) in [7, 11) is 0. The highest BCUT2D eigenvalue weighted by Crippen LogP contribution is 2.28. The number of aromatic nitrogens is 2. The number of nitriles is 1. The van der Waals surface area contributed by atoms with Crippen molar-refractivity contribution in [3.8, 4) is 6.07 Å². The van der Waals surface area contributed by atoms with Crippen molar-refractivity contribution in [1.29, 1.82) is 5.26 Å². The van der Waals surface area contributed by atoms with E-state index >= 15 is 0 Å². The molecular formula is C21H22N6O2S. The van der Waals surface area contributed by atoms with Crippen LogP contribution in [0.5, 0.6) is 0 Å². The second-order valence-electron chi connectivity index (χ2n) is 7.34. The minimum atomic E-state index is -0.499. The predicted molar refractivity (Wildman–Crippen MR) is 115 cm³/mol. The lowest BCUT2D eigenvalue weighted by Crippen LogP contribution is -2.50. The molecule has 154 valence electrons. The average Bonchev–Trinajstić information content (AvgIpc) is 3.30. The number of benzene rings is 1. The van der Waals surface area contributed by atoms with Gasteiger partial charge in [0.25, 0.3) is 0 Å². The first-order valence-electron chi connectivity index (χ1n) is 9.87. The molecule has 0 radical (unpaired) electrons. The molecule has 2 saturated heterocycles. The number of hydrogen-bond donors (Lipinski definition) is 1. The molecule has 2 aromatic rings. The van der Waals surface area contributed by atoms with Crippen LogP contribution in [0.1, 0.15) is 18.4 Å². The molecule has 30 heavy (non-hydrogen) atoms. The summed E-state index contributed by atoms with van der Waals surface area (Å²) < 4.78 is 0. The number of amides is 2. The molecule has 3 heterocycles. The Morgan fingerprint density at radius 1 is 1.20 bits per heavy atom. The number of piperidine rings is 1. The topological polar surface area (TPSA) is 102 Å². The molecule has 0 bridgehead atoms. The second-order valence-corrected chi connectivity index (χ2v) is 8.34. The third-order valence-electron chi connectivity index (χ3n) is 5.36. The van der Waals surface area contributed by atoms with Crippen LogP contribution in [-0.2, 0) is 9.59 Å². The van der Waals surface area contributed by atoms with E-state index in [9.17, 15) is 9.59 Å². The molecule has 2 atom stereocenters. The maximum atomic E-state index is 13.3. The van der Waals surface area contributed by atoms with E-state index in [0.717, 1.165) is 19.4 Å². The summed E-state index contributed by atoms with van der Waals surface area (Å²) >= 11 is 1.59. The van der Waals surface area contributed by atoms with Crippen molar-refractivity contribution in [3.05, 3.63) is 48.3 Å². The van der Waals surface area contributed by atoms with Crippen molar-refractivity contribution in [2.24, 2.45) is 5.92 Å². The normalized spacial score (nSPS) is 21.2. The Morgan fingerprint density at radius 2 is 1.97 bits per heavy atom. The van der Waals surface area contributed by atoms with Crippen LogP contribution in [0, 0.1) is 17.2 Å². The third-order valence-corrected chi connectivity index (χ3v) is 6.37. The first kappa shape index (κ1) is 20.2. The van der Waals surface area contributed by atoms with Gasteiger partial charge in [0, 0.05) is 36.9 Å². The standard InChI is InChI=1S/C21H22N6O2S/c22-11-15-4-6-17(7-5-15)25-19(28)18-13-30-14-27(18)20(29)16-3-1-10-26(12-16)21-23-8-2-9-24-21/h2,4-9,16,18H,1,3,10,12-14H2,(H,25,28).